The fourth-order valence-corrected chi connectivity index (χ4v) is 1.15. The lowest BCUT2D eigenvalue weighted by Gasteiger charge is -2.01. The van der Waals surface area contributed by atoms with Crippen molar-refractivity contribution in [3.05, 3.63) is 11.9 Å². The molecule has 0 aliphatic rings. The van der Waals surface area contributed by atoms with E-state index in [-0.39, 0.29) is 11.9 Å². The van der Waals surface area contributed by atoms with Crippen LogP contribution < -0.4 is 11.2 Å². The number of rotatable bonds is 2. The largest absolute Gasteiger partial charge is 0.368 e. The SMILES string of the molecule is CC(C)c1nn(C)cc1N=C(N)NO. The number of aliphatic imine (C=N–C) groups is 1. The van der Waals surface area contributed by atoms with Crippen LogP contribution in [0.15, 0.2) is 11.2 Å². The molecule has 1 aromatic heterocycles. The van der Waals surface area contributed by atoms with E-state index in [2.05, 4.69) is 10.1 Å². The summed E-state index contributed by atoms with van der Waals surface area (Å²) in [6, 6.07) is 0. The molecule has 0 radical (unpaired) electrons. The third-order valence-corrected chi connectivity index (χ3v) is 1.74. The van der Waals surface area contributed by atoms with Crippen molar-refractivity contribution in [2.45, 2.75) is 19.8 Å². The maximum absolute atomic E-state index is 8.50. The van der Waals surface area contributed by atoms with Crippen molar-refractivity contribution in [3.63, 3.8) is 0 Å². The van der Waals surface area contributed by atoms with E-state index in [1.54, 1.807) is 16.4 Å². The Morgan fingerprint density at radius 2 is 2.36 bits per heavy atom. The average Bonchev–Trinajstić information content (AvgIpc) is 2.46. The highest BCUT2D eigenvalue weighted by atomic mass is 16.5. The molecule has 1 heterocycles. The Morgan fingerprint density at radius 1 is 1.71 bits per heavy atom. The fourth-order valence-electron chi connectivity index (χ4n) is 1.15. The predicted octanol–water partition coefficient (Wildman–Crippen LogP) is 0.469. The molecule has 14 heavy (non-hydrogen) atoms. The summed E-state index contributed by atoms with van der Waals surface area (Å²) < 4.78 is 1.67. The smallest absolute Gasteiger partial charge is 0.218 e. The maximum atomic E-state index is 8.50. The van der Waals surface area contributed by atoms with Crippen molar-refractivity contribution in [3.8, 4) is 0 Å². The van der Waals surface area contributed by atoms with Gasteiger partial charge in [0.15, 0.2) is 0 Å². The Kier molecular flexibility index (Phi) is 3.08. The van der Waals surface area contributed by atoms with Gasteiger partial charge in [0.1, 0.15) is 5.69 Å². The van der Waals surface area contributed by atoms with Crippen LogP contribution in [-0.4, -0.2) is 20.9 Å². The van der Waals surface area contributed by atoms with Crippen molar-refractivity contribution in [1.29, 1.82) is 0 Å². The lowest BCUT2D eigenvalue weighted by Crippen LogP contribution is -2.27. The van der Waals surface area contributed by atoms with Crippen molar-refractivity contribution in [2.75, 3.05) is 0 Å². The Hall–Kier alpha value is -1.56. The highest BCUT2D eigenvalue weighted by Crippen LogP contribution is 2.24. The van der Waals surface area contributed by atoms with Gasteiger partial charge in [-0.15, -0.1) is 0 Å². The molecule has 0 aromatic carbocycles. The van der Waals surface area contributed by atoms with Crippen LogP contribution in [0, 0.1) is 0 Å². The molecule has 0 bridgehead atoms. The summed E-state index contributed by atoms with van der Waals surface area (Å²) in [4.78, 5) is 3.97. The molecular formula is C8H15N5O. The normalized spacial score (nSPS) is 12.2. The molecule has 0 fully saturated rings. The number of nitrogens with zero attached hydrogens (tertiary/aromatic N) is 3. The molecule has 78 valence electrons. The van der Waals surface area contributed by atoms with E-state index < -0.39 is 0 Å². The molecule has 6 heteroatoms. The highest BCUT2D eigenvalue weighted by molar-refractivity contribution is 5.80. The zero-order chi connectivity index (χ0) is 10.7. The number of hydroxylamine groups is 1. The molecule has 6 nitrogen and oxygen atoms in total. The summed E-state index contributed by atoms with van der Waals surface area (Å²) >= 11 is 0. The monoisotopic (exact) mass is 197 g/mol. The van der Waals surface area contributed by atoms with Gasteiger partial charge < -0.3 is 5.73 Å². The van der Waals surface area contributed by atoms with E-state index in [1.807, 2.05) is 20.9 Å². The molecule has 0 unspecified atom stereocenters. The van der Waals surface area contributed by atoms with Gasteiger partial charge in [0.25, 0.3) is 0 Å². The molecular weight excluding hydrogens is 182 g/mol. The fraction of sp³-hybridized carbons (Fsp3) is 0.500. The molecule has 0 spiro atoms. The maximum Gasteiger partial charge on any atom is 0.218 e. The van der Waals surface area contributed by atoms with Gasteiger partial charge in [0.05, 0.1) is 11.9 Å². The van der Waals surface area contributed by atoms with Crippen LogP contribution in [0.2, 0.25) is 0 Å². The second-order valence-corrected chi connectivity index (χ2v) is 3.34. The zero-order valence-electron chi connectivity index (χ0n) is 8.52. The van der Waals surface area contributed by atoms with Gasteiger partial charge in [-0.3, -0.25) is 9.89 Å². The topological polar surface area (TPSA) is 88.5 Å². The number of hydrogen-bond acceptors (Lipinski definition) is 3. The molecule has 4 N–H and O–H groups in total. The summed E-state index contributed by atoms with van der Waals surface area (Å²) in [5.74, 6) is 0.223. The third kappa shape index (κ3) is 2.23. The van der Waals surface area contributed by atoms with Gasteiger partial charge >= 0.3 is 0 Å². The van der Waals surface area contributed by atoms with Gasteiger partial charge in [0.2, 0.25) is 5.96 Å². The Morgan fingerprint density at radius 3 is 2.86 bits per heavy atom. The zero-order valence-corrected chi connectivity index (χ0v) is 8.52. The van der Waals surface area contributed by atoms with Gasteiger partial charge in [-0.25, -0.2) is 10.5 Å². The van der Waals surface area contributed by atoms with E-state index in [9.17, 15) is 0 Å². The minimum atomic E-state index is -0.0418. The van der Waals surface area contributed by atoms with Crippen LogP contribution in [0.25, 0.3) is 0 Å². The van der Waals surface area contributed by atoms with Crippen LogP contribution in [-0.2, 0) is 7.05 Å². The van der Waals surface area contributed by atoms with Crippen LogP contribution in [0.1, 0.15) is 25.5 Å². The minimum Gasteiger partial charge on any atom is -0.368 e. The predicted molar refractivity (Wildman–Crippen MR) is 53.5 cm³/mol. The van der Waals surface area contributed by atoms with Gasteiger partial charge in [-0.1, -0.05) is 13.8 Å². The Bertz CT molecular complexity index is 342. The molecule has 1 aromatic rings. The van der Waals surface area contributed by atoms with Gasteiger partial charge in [-0.05, 0) is 5.92 Å². The quantitative estimate of drug-likeness (QED) is 0.365. The standard InChI is InChI=1S/C8H15N5O/c1-5(2)7-6(4-13(3)11-7)10-8(9)12-14/h4-5,14H,1-3H3,(H3,9,10,12). The summed E-state index contributed by atoms with van der Waals surface area (Å²) in [7, 11) is 1.81. The number of nitrogens with one attached hydrogen (secondary N) is 1. The number of hydrogen-bond donors (Lipinski definition) is 3. The van der Waals surface area contributed by atoms with Crippen LogP contribution >= 0.6 is 0 Å². The first-order chi connectivity index (χ1) is 6.54. The summed E-state index contributed by atoms with van der Waals surface area (Å²) in [6.45, 7) is 4.04. The van der Waals surface area contributed by atoms with Crippen molar-refractivity contribution >= 4 is 11.6 Å². The highest BCUT2D eigenvalue weighted by Gasteiger charge is 2.10. The summed E-state index contributed by atoms with van der Waals surface area (Å²) in [5, 5.41) is 12.7. The molecule has 0 aliphatic heterocycles. The molecule has 1 rings (SSSR count). The molecule has 0 saturated carbocycles. The van der Waals surface area contributed by atoms with E-state index in [1.165, 1.54) is 0 Å². The molecule has 0 saturated heterocycles. The third-order valence-electron chi connectivity index (χ3n) is 1.74. The van der Waals surface area contributed by atoms with Crippen LogP contribution in [0.4, 0.5) is 5.69 Å². The van der Waals surface area contributed by atoms with E-state index in [4.69, 9.17) is 10.9 Å². The van der Waals surface area contributed by atoms with Crippen LogP contribution in [0.5, 0.6) is 0 Å². The van der Waals surface area contributed by atoms with E-state index in [0.717, 1.165) is 5.69 Å². The molecule has 0 aliphatic carbocycles. The van der Waals surface area contributed by atoms with Crippen LogP contribution in [0.3, 0.4) is 0 Å². The molecule has 0 amide bonds. The van der Waals surface area contributed by atoms with Gasteiger partial charge in [-0.2, -0.15) is 5.10 Å². The minimum absolute atomic E-state index is 0.0418. The van der Waals surface area contributed by atoms with Crippen molar-refractivity contribution in [2.24, 2.45) is 17.8 Å². The second kappa shape index (κ2) is 4.10. The first-order valence-electron chi connectivity index (χ1n) is 4.32. The lowest BCUT2D eigenvalue weighted by atomic mass is 10.1. The van der Waals surface area contributed by atoms with E-state index >= 15 is 0 Å². The molecule has 0 atom stereocenters. The summed E-state index contributed by atoms with van der Waals surface area (Å²) in [5.41, 5.74) is 8.64. The van der Waals surface area contributed by atoms with E-state index in [0.29, 0.717) is 5.69 Å². The van der Waals surface area contributed by atoms with Crippen molar-refractivity contribution in [1.82, 2.24) is 15.3 Å². The average molecular weight is 197 g/mol. The number of guanidine groups is 1. The lowest BCUT2D eigenvalue weighted by molar-refractivity contribution is 0.233. The summed E-state index contributed by atoms with van der Waals surface area (Å²) in [6.07, 6.45) is 1.75. The first-order valence-corrected chi connectivity index (χ1v) is 4.32. The number of aromatic nitrogens is 2. The number of aryl methyl sites for hydroxylation is 1. The van der Waals surface area contributed by atoms with Gasteiger partial charge in [0, 0.05) is 7.05 Å². The second-order valence-electron chi connectivity index (χ2n) is 3.34. The Balaban J connectivity index is 3.07. The van der Waals surface area contributed by atoms with Crippen molar-refractivity contribution < 1.29 is 5.21 Å². The first kappa shape index (κ1) is 10.5. The number of nitrogens with two attached hydrogens (primary N) is 1. The Labute approximate surface area is 82.4 Å².